The summed E-state index contributed by atoms with van der Waals surface area (Å²) in [5, 5.41) is 2.47. The van der Waals surface area contributed by atoms with E-state index in [-0.39, 0.29) is 18.7 Å². The Balaban J connectivity index is 1.81. The largest absolute Gasteiger partial charge is 0.445 e. The van der Waals surface area contributed by atoms with Gasteiger partial charge in [-0.05, 0) is 24.6 Å². The Kier molecular flexibility index (Phi) is 5.70. The molecule has 0 atom stereocenters. The lowest BCUT2D eigenvalue weighted by Gasteiger charge is -2.04. The van der Waals surface area contributed by atoms with Crippen molar-refractivity contribution in [2.75, 3.05) is 6.54 Å². The highest BCUT2D eigenvalue weighted by Crippen LogP contribution is 2.14. The maximum absolute atomic E-state index is 13.4. The van der Waals surface area contributed by atoms with Gasteiger partial charge >= 0.3 is 6.09 Å². The lowest BCUT2D eigenvalue weighted by atomic mass is 10.1. The van der Waals surface area contributed by atoms with Crippen molar-refractivity contribution >= 4 is 6.09 Å². The van der Waals surface area contributed by atoms with Gasteiger partial charge in [0.2, 0.25) is 0 Å². The molecule has 0 aliphatic rings. The van der Waals surface area contributed by atoms with E-state index in [0.717, 1.165) is 11.6 Å². The van der Waals surface area contributed by atoms with Crippen LogP contribution < -0.4 is 5.32 Å². The topological polar surface area (TPSA) is 38.3 Å². The summed E-state index contributed by atoms with van der Waals surface area (Å²) in [6.45, 7) is 1.67. The molecule has 0 spiro atoms. The van der Waals surface area contributed by atoms with Crippen molar-refractivity contribution in [3.05, 3.63) is 70.8 Å². The molecule has 0 aliphatic carbocycles. The number of hydrogen-bond donors (Lipinski definition) is 1. The Morgan fingerprint density at radius 2 is 1.91 bits per heavy atom. The fourth-order valence-electron chi connectivity index (χ4n) is 1.82. The highest BCUT2D eigenvalue weighted by atomic mass is 19.2. The summed E-state index contributed by atoms with van der Waals surface area (Å²) >= 11 is 0. The van der Waals surface area contributed by atoms with Crippen LogP contribution in [0.3, 0.4) is 0 Å². The van der Waals surface area contributed by atoms with Gasteiger partial charge in [-0.2, -0.15) is 0 Å². The fourth-order valence-corrected chi connectivity index (χ4v) is 1.82. The summed E-state index contributed by atoms with van der Waals surface area (Å²) in [5.41, 5.74) is 1.40. The molecule has 2 aromatic rings. The number of hydrogen-bond acceptors (Lipinski definition) is 2. The predicted octanol–water partition coefficient (Wildman–Crippen LogP) is 3.55. The van der Waals surface area contributed by atoms with Crippen LogP contribution in [0.4, 0.5) is 13.6 Å². The smallest absolute Gasteiger partial charge is 0.408 e. The first-order chi connectivity index (χ1) is 11.1. The normalized spacial score (nSPS) is 9.70. The molecule has 1 N–H and O–H groups in total. The van der Waals surface area contributed by atoms with Crippen molar-refractivity contribution in [1.82, 2.24) is 5.32 Å². The molecule has 3 nitrogen and oxygen atoms in total. The second-order valence-corrected chi connectivity index (χ2v) is 4.75. The predicted molar refractivity (Wildman–Crippen MR) is 82.6 cm³/mol. The molecule has 2 aromatic carbocycles. The second kappa shape index (κ2) is 7.95. The standard InChI is InChI=1S/C18H15F2NO2/c1-13-15(9-10-16(19)17(13)20)8-5-11-21-18(22)23-12-14-6-3-2-4-7-14/h2-4,6-7,9-10H,11-12H2,1H3,(H,21,22). The number of rotatable bonds is 3. The summed E-state index contributed by atoms with van der Waals surface area (Å²) in [6, 6.07) is 11.7. The van der Waals surface area contributed by atoms with Crippen LogP contribution in [0.2, 0.25) is 0 Å². The molecule has 23 heavy (non-hydrogen) atoms. The Labute approximate surface area is 133 Å². The van der Waals surface area contributed by atoms with Crippen LogP contribution in [0.1, 0.15) is 16.7 Å². The molecule has 2 rings (SSSR count). The monoisotopic (exact) mass is 315 g/mol. The number of amides is 1. The number of ether oxygens (including phenoxy) is 1. The van der Waals surface area contributed by atoms with E-state index < -0.39 is 17.7 Å². The highest BCUT2D eigenvalue weighted by Gasteiger charge is 2.07. The van der Waals surface area contributed by atoms with E-state index in [1.165, 1.54) is 13.0 Å². The number of carbonyl (C=O) groups is 1. The van der Waals surface area contributed by atoms with E-state index in [2.05, 4.69) is 17.2 Å². The van der Waals surface area contributed by atoms with Gasteiger partial charge in [-0.25, -0.2) is 13.6 Å². The first kappa shape index (κ1) is 16.5. The van der Waals surface area contributed by atoms with Gasteiger partial charge in [0.25, 0.3) is 0 Å². The van der Waals surface area contributed by atoms with Gasteiger partial charge in [-0.3, -0.25) is 0 Å². The number of nitrogens with one attached hydrogen (secondary N) is 1. The number of carbonyl (C=O) groups excluding carboxylic acids is 1. The van der Waals surface area contributed by atoms with Crippen LogP contribution >= 0.6 is 0 Å². The summed E-state index contributed by atoms with van der Waals surface area (Å²) in [5.74, 6) is 3.53. The van der Waals surface area contributed by atoms with Crippen LogP contribution in [-0.2, 0) is 11.3 Å². The van der Waals surface area contributed by atoms with Gasteiger partial charge in [-0.1, -0.05) is 42.2 Å². The third-order valence-corrected chi connectivity index (χ3v) is 3.10. The van der Waals surface area contributed by atoms with E-state index in [1.54, 1.807) is 0 Å². The molecule has 118 valence electrons. The van der Waals surface area contributed by atoms with Crippen molar-refractivity contribution in [3.8, 4) is 11.8 Å². The SMILES string of the molecule is Cc1c(C#CCNC(=O)OCc2ccccc2)ccc(F)c1F. The molecule has 1 amide bonds. The molecule has 0 aromatic heterocycles. The zero-order valence-electron chi connectivity index (χ0n) is 12.5. The molecule has 0 heterocycles. The fraction of sp³-hybridized carbons (Fsp3) is 0.167. The second-order valence-electron chi connectivity index (χ2n) is 4.75. The molecule has 0 saturated heterocycles. The van der Waals surface area contributed by atoms with Gasteiger partial charge in [-0.15, -0.1) is 0 Å². The van der Waals surface area contributed by atoms with Crippen molar-refractivity contribution in [1.29, 1.82) is 0 Å². The molecular formula is C18H15F2NO2. The lowest BCUT2D eigenvalue weighted by Crippen LogP contribution is -2.24. The number of halogens is 2. The van der Waals surface area contributed by atoms with Crippen LogP contribution in [0.25, 0.3) is 0 Å². The molecule has 0 unspecified atom stereocenters. The van der Waals surface area contributed by atoms with Crippen molar-refractivity contribution < 1.29 is 18.3 Å². The molecule has 0 aliphatic heterocycles. The quantitative estimate of drug-likeness (QED) is 0.880. The van der Waals surface area contributed by atoms with Crippen molar-refractivity contribution in [2.45, 2.75) is 13.5 Å². The third-order valence-electron chi connectivity index (χ3n) is 3.10. The van der Waals surface area contributed by atoms with E-state index in [9.17, 15) is 13.6 Å². The van der Waals surface area contributed by atoms with Gasteiger partial charge in [0.05, 0.1) is 6.54 Å². The molecule has 0 bridgehead atoms. The van der Waals surface area contributed by atoms with Crippen LogP contribution in [-0.4, -0.2) is 12.6 Å². The Morgan fingerprint density at radius 1 is 1.17 bits per heavy atom. The molecule has 0 saturated carbocycles. The summed E-state index contributed by atoms with van der Waals surface area (Å²) in [6.07, 6.45) is -0.592. The molecule has 0 radical (unpaired) electrons. The molecule has 0 fully saturated rings. The average Bonchev–Trinajstić information content (AvgIpc) is 2.57. The first-order valence-corrected chi connectivity index (χ1v) is 6.96. The Morgan fingerprint density at radius 3 is 2.65 bits per heavy atom. The minimum absolute atomic E-state index is 0.0477. The zero-order chi connectivity index (χ0) is 16.7. The van der Waals surface area contributed by atoms with Crippen LogP contribution in [0.5, 0.6) is 0 Å². The minimum Gasteiger partial charge on any atom is -0.445 e. The Hall–Kier alpha value is -2.87. The zero-order valence-corrected chi connectivity index (χ0v) is 12.5. The highest BCUT2D eigenvalue weighted by molar-refractivity contribution is 5.67. The molecular weight excluding hydrogens is 300 g/mol. The van der Waals surface area contributed by atoms with E-state index in [1.807, 2.05) is 30.3 Å². The maximum Gasteiger partial charge on any atom is 0.408 e. The lowest BCUT2D eigenvalue weighted by molar-refractivity contribution is 0.141. The summed E-state index contributed by atoms with van der Waals surface area (Å²) in [7, 11) is 0. The number of benzene rings is 2. The van der Waals surface area contributed by atoms with Crippen molar-refractivity contribution in [2.24, 2.45) is 0 Å². The van der Waals surface area contributed by atoms with Crippen LogP contribution in [0, 0.1) is 30.4 Å². The van der Waals surface area contributed by atoms with E-state index >= 15 is 0 Å². The van der Waals surface area contributed by atoms with Gasteiger partial charge in [0, 0.05) is 11.1 Å². The number of alkyl carbamates (subject to hydrolysis) is 1. The maximum atomic E-state index is 13.4. The summed E-state index contributed by atoms with van der Waals surface area (Å²) in [4.78, 5) is 11.5. The Bertz CT molecular complexity index is 749. The van der Waals surface area contributed by atoms with Gasteiger partial charge in [0.1, 0.15) is 6.61 Å². The summed E-state index contributed by atoms with van der Waals surface area (Å²) < 4.78 is 31.4. The van der Waals surface area contributed by atoms with Crippen molar-refractivity contribution in [3.63, 3.8) is 0 Å². The van der Waals surface area contributed by atoms with Crippen LogP contribution in [0.15, 0.2) is 42.5 Å². The third kappa shape index (κ3) is 4.82. The van der Waals surface area contributed by atoms with E-state index in [0.29, 0.717) is 5.56 Å². The molecule has 5 heteroatoms. The average molecular weight is 315 g/mol. The van der Waals surface area contributed by atoms with E-state index in [4.69, 9.17) is 4.74 Å². The van der Waals surface area contributed by atoms with Gasteiger partial charge < -0.3 is 10.1 Å². The minimum atomic E-state index is -0.910. The first-order valence-electron chi connectivity index (χ1n) is 6.96. The van der Waals surface area contributed by atoms with Gasteiger partial charge in [0.15, 0.2) is 11.6 Å².